The van der Waals surface area contributed by atoms with Crippen LogP contribution >= 0.6 is 11.8 Å². The van der Waals surface area contributed by atoms with Gasteiger partial charge in [0.25, 0.3) is 0 Å². The SMILES string of the molecule is C=C(C#N)NC(C)(C)CNc1nc(N2CCSc3ccccc3C2)nc2ccc(C)cc12. The predicted octanol–water partition coefficient (Wildman–Crippen LogP) is 4.87. The summed E-state index contributed by atoms with van der Waals surface area (Å²) in [5.41, 5.74) is 3.36. The average Bonchev–Trinajstić information content (AvgIpc) is 2.99. The molecule has 0 atom stereocenters. The Balaban J connectivity index is 1.67. The molecule has 1 aliphatic heterocycles. The van der Waals surface area contributed by atoms with Crippen molar-refractivity contribution in [3.8, 4) is 6.07 Å². The van der Waals surface area contributed by atoms with Gasteiger partial charge in [-0.2, -0.15) is 10.2 Å². The normalized spacial score (nSPS) is 13.8. The van der Waals surface area contributed by atoms with Crippen molar-refractivity contribution in [2.24, 2.45) is 0 Å². The van der Waals surface area contributed by atoms with E-state index in [0.717, 1.165) is 47.1 Å². The van der Waals surface area contributed by atoms with Crippen molar-refractivity contribution < 1.29 is 0 Å². The second kappa shape index (κ2) is 9.09. The van der Waals surface area contributed by atoms with Gasteiger partial charge in [-0.25, -0.2) is 4.98 Å². The molecule has 7 heteroatoms. The number of fused-ring (bicyclic) bond motifs is 2. The number of aromatic nitrogens is 2. The molecule has 1 aromatic heterocycles. The average molecular weight is 445 g/mol. The van der Waals surface area contributed by atoms with E-state index < -0.39 is 0 Å². The first-order valence-electron chi connectivity index (χ1n) is 10.7. The molecular weight excluding hydrogens is 416 g/mol. The van der Waals surface area contributed by atoms with Crippen LogP contribution in [0.2, 0.25) is 0 Å². The maximum absolute atomic E-state index is 9.07. The van der Waals surface area contributed by atoms with Crippen LogP contribution in [0.4, 0.5) is 11.8 Å². The summed E-state index contributed by atoms with van der Waals surface area (Å²) < 4.78 is 0. The van der Waals surface area contributed by atoms with Gasteiger partial charge in [-0.1, -0.05) is 36.4 Å². The quantitative estimate of drug-likeness (QED) is 0.525. The van der Waals surface area contributed by atoms with Gasteiger partial charge in [0.05, 0.1) is 5.52 Å². The van der Waals surface area contributed by atoms with Crippen molar-refractivity contribution in [1.29, 1.82) is 5.26 Å². The molecule has 0 fully saturated rings. The van der Waals surface area contributed by atoms with Gasteiger partial charge in [0.1, 0.15) is 17.6 Å². The molecule has 2 N–H and O–H groups in total. The van der Waals surface area contributed by atoms with Crippen LogP contribution < -0.4 is 15.5 Å². The Morgan fingerprint density at radius 3 is 2.88 bits per heavy atom. The molecular formula is C25H28N6S. The molecule has 164 valence electrons. The van der Waals surface area contributed by atoms with Crippen molar-refractivity contribution in [2.45, 2.75) is 37.8 Å². The Labute approximate surface area is 193 Å². The van der Waals surface area contributed by atoms with Crippen molar-refractivity contribution in [3.05, 3.63) is 65.9 Å². The van der Waals surface area contributed by atoms with Gasteiger partial charge in [0.15, 0.2) is 0 Å². The molecule has 1 aliphatic rings. The number of rotatable bonds is 6. The number of benzene rings is 2. The zero-order chi connectivity index (χ0) is 22.7. The van der Waals surface area contributed by atoms with Crippen LogP contribution in [0.5, 0.6) is 0 Å². The molecule has 0 saturated carbocycles. The summed E-state index contributed by atoms with van der Waals surface area (Å²) in [4.78, 5) is 13.5. The van der Waals surface area contributed by atoms with Gasteiger partial charge in [-0.05, 0) is 44.5 Å². The predicted molar refractivity (Wildman–Crippen MR) is 133 cm³/mol. The van der Waals surface area contributed by atoms with E-state index in [9.17, 15) is 0 Å². The summed E-state index contributed by atoms with van der Waals surface area (Å²) in [5.74, 6) is 2.52. The van der Waals surface area contributed by atoms with Gasteiger partial charge in [-0.15, -0.1) is 11.8 Å². The van der Waals surface area contributed by atoms with Crippen LogP contribution in [0.15, 0.2) is 59.6 Å². The van der Waals surface area contributed by atoms with Gasteiger partial charge < -0.3 is 15.5 Å². The number of hydrogen-bond donors (Lipinski definition) is 2. The lowest BCUT2D eigenvalue weighted by molar-refractivity contribution is 0.459. The van der Waals surface area contributed by atoms with Crippen molar-refractivity contribution in [1.82, 2.24) is 15.3 Å². The van der Waals surface area contributed by atoms with Crippen LogP contribution in [0, 0.1) is 18.3 Å². The second-order valence-corrected chi connectivity index (χ2v) is 9.86. The van der Waals surface area contributed by atoms with Crippen LogP contribution in [0.1, 0.15) is 25.0 Å². The Kier molecular flexibility index (Phi) is 6.24. The van der Waals surface area contributed by atoms with Crippen molar-refractivity contribution in [2.75, 3.05) is 29.1 Å². The maximum Gasteiger partial charge on any atom is 0.228 e. The van der Waals surface area contributed by atoms with Gasteiger partial charge in [0, 0.05) is 41.2 Å². The number of nitrogens with one attached hydrogen (secondary N) is 2. The summed E-state index contributed by atoms with van der Waals surface area (Å²) in [6.07, 6.45) is 0. The monoisotopic (exact) mass is 444 g/mol. The summed E-state index contributed by atoms with van der Waals surface area (Å²) in [7, 11) is 0. The third kappa shape index (κ3) is 4.97. The molecule has 0 saturated heterocycles. The number of nitriles is 1. The van der Waals surface area contributed by atoms with Crippen LogP contribution in [-0.2, 0) is 6.54 Å². The molecule has 2 aromatic carbocycles. The standard InChI is InChI=1S/C25H28N6S/c1-17-9-10-21-20(13-17)23(27-16-25(3,4)30-18(2)14-26)29-24(28-21)31-11-12-32-22-8-6-5-7-19(22)15-31/h5-10,13,30H,2,11-12,15-16H2,1,3-4H3,(H,27,28,29). The third-order valence-corrected chi connectivity index (χ3v) is 6.49. The molecule has 0 amide bonds. The highest BCUT2D eigenvalue weighted by molar-refractivity contribution is 7.99. The van der Waals surface area contributed by atoms with E-state index in [1.54, 1.807) is 0 Å². The van der Waals surface area contributed by atoms with Gasteiger partial charge in [-0.3, -0.25) is 0 Å². The third-order valence-electron chi connectivity index (χ3n) is 5.40. The molecule has 6 nitrogen and oxygen atoms in total. The zero-order valence-corrected chi connectivity index (χ0v) is 19.6. The molecule has 3 aromatic rings. The largest absolute Gasteiger partial charge is 0.370 e. The molecule has 0 unspecified atom stereocenters. The fraction of sp³-hybridized carbons (Fsp3) is 0.320. The van der Waals surface area contributed by atoms with E-state index in [-0.39, 0.29) is 5.54 Å². The molecule has 32 heavy (non-hydrogen) atoms. The van der Waals surface area contributed by atoms with Gasteiger partial charge >= 0.3 is 0 Å². The highest BCUT2D eigenvalue weighted by Gasteiger charge is 2.21. The zero-order valence-electron chi connectivity index (χ0n) is 18.8. The topological polar surface area (TPSA) is 76.9 Å². The van der Waals surface area contributed by atoms with E-state index in [1.165, 1.54) is 10.5 Å². The summed E-state index contributed by atoms with van der Waals surface area (Å²) in [5, 5.41) is 16.7. The number of allylic oxidation sites excluding steroid dienone is 1. The van der Waals surface area contributed by atoms with Crippen LogP contribution in [0.25, 0.3) is 10.9 Å². The van der Waals surface area contributed by atoms with E-state index in [2.05, 4.69) is 77.6 Å². The van der Waals surface area contributed by atoms with Crippen LogP contribution in [-0.4, -0.2) is 34.3 Å². The lowest BCUT2D eigenvalue weighted by atomic mass is 10.1. The van der Waals surface area contributed by atoms with Crippen molar-refractivity contribution in [3.63, 3.8) is 0 Å². The minimum Gasteiger partial charge on any atom is -0.370 e. The summed E-state index contributed by atoms with van der Waals surface area (Å²) in [6.45, 7) is 12.1. The summed E-state index contributed by atoms with van der Waals surface area (Å²) in [6, 6.07) is 16.9. The second-order valence-electron chi connectivity index (χ2n) is 8.72. The first-order valence-corrected chi connectivity index (χ1v) is 11.7. The Hall–Kier alpha value is -3.24. The molecule has 4 rings (SSSR count). The minimum atomic E-state index is -0.369. The molecule has 0 spiro atoms. The maximum atomic E-state index is 9.07. The molecule has 2 heterocycles. The van der Waals surface area contributed by atoms with Crippen LogP contribution in [0.3, 0.4) is 0 Å². The smallest absolute Gasteiger partial charge is 0.228 e. The van der Waals surface area contributed by atoms with E-state index in [4.69, 9.17) is 15.2 Å². The van der Waals surface area contributed by atoms with E-state index in [0.29, 0.717) is 12.2 Å². The fourth-order valence-corrected chi connectivity index (χ4v) is 4.81. The lowest BCUT2D eigenvalue weighted by Crippen LogP contribution is -2.44. The van der Waals surface area contributed by atoms with E-state index in [1.807, 2.05) is 25.6 Å². The summed E-state index contributed by atoms with van der Waals surface area (Å²) >= 11 is 1.88. The lowest BCUT2D eigenvalue weighted by Gasteiger charge is -2.28. The molecule has 0 aliphatic carbocycles. The highest BCUT2D eigenvalue weighted by atomic mass is 32.2. The number of thioether (sulfide) groups is 1. The minimum absolute atomic E-state index is 0.349. The fourth-order valence-electron chi connectivity index (χ4n) is 3.79. The number of aryl methyl sites for hydroxylation is 1. The Morgan fingerprint density at radius 1 is 1.25 bits per heavy atom. The number of nitrogens with zero attached hydrogens (tertiary/aromatic N) is 4. The number of anilines is 2. The Morgan fingerprint density at radius 2 is 2.06 bits per heavy atom. The first kappa shape index (κ1) is 22.0. The first-order chi connectivity index (χ1) is 15.3. The molecule has 0 radical (unpaired) electrons. The Bertz CT molecular complexity index is 1200. The number of hydrogen-bond acceptors (Lipinski definition) is 7. The molecule has 0 bridgehead atoms. The highest BCUT2D eigenvalue weighted by Crippen LogP contribution is 2.31. The van der Waals surface area contributed by atoms with Gasteiger partial charge in [0.2, 0.25) is 5.95 Å². The van der Waals surface area contributed by atoms with Crippen molar-refractivity contribution >= 4 is 34.4 Å². The van der Waals surface area contributed by atoms with E-state index >= 15 is 0 Å².